The minimum Gasteiger partial charge on any atom is -0.512 e. The van der Waals surface area contributed by atoms with Gasteiger partial charge in [-0.05, 0) is 38.5 Å². The van der Waals surface area contributed by atoms with Crippen LogP contribution >= 0.6 is 0 Å². The average molecular weight is 264 g/mol. The summed E-state index contributed by atoms with van der Waals surface area (Å²) in [6.07, 6.45) is 10.2. The van der Waals surface area contributed by atoms with Crippen molar-refractivity contribution in [3.63, 3.8) is 0 Å². The van der Waals surface area contributed by atoms with Crippen LogP contribution in [0.2, 0.25) is 0 Å². The molecule has 2 atom stereocenters. The number of hydrogen-bond donors (Lipinski definition) is 1. The summed E-state index contributed by atoms with van der Waals surface area (Å²) in [6.45, 7) is 4.09. The number of ketones is 1. The molecule has 2 aliphatic rings. The fourth-order valence-corrected chi connectivity index (χ4v) is 3.79. The molecule has 2 rings (SSSR count). The van der Waals surface area contributed by atoms with E-state index in [1.807, 2.05) is 6.92 Å². The smallest absolute Gasteiger partial charge is 0.164 e. The molecule has 0 amide bonds. The maximum atomic E-state index is 12.4. The summed E-state index contributed by atoms with van der Waals surface area (Å²) >= 11 is 0. The van der Waals surface area contributed by atoms with Gasteiger partial charge in [-0.25, -0.2) is 0 Å². The first-order valence-corrected chi connectivity index (χ1v) is 8.03. The maximum Gasteiger partial charge on any atom is 0.164 e. The Kier molecular flexibility index (Phi) is 5.06. The quantitative estimate of drug-likeness (QED) is 0.587. The van der Waals surface area contributed by atoms with Crippen molar-refractivity contribution in [2.75, 3.05) is 0 Å². The Morgan fingerprint density at radius 3 is 2.21 bits per heavy atom. The second kappa shape index (κ2) is 6.58. The van der Waals surface area contributed by atoms with E-state index in [9.17, 15) is 9.90 Å². The summed E-state index contributed by atoms with van der Waals surface area (Å²) in [7, 11) is 0. The van der Waals surface area contributed by atoms with Crippen molar-refractivity contribution in [1.29, 1.82) is 0 Å². The van der Waals surface area contributed by atoms with E-state index in [-0.39, 0.29) is 17.6 Å². The van der Waals surface area contributed by atoms with Crippen LogP contribution in [0.5, 0.6) is 0 Å². The Balaban J connectivity index is 2.04. The average Bonchev–Trinajstić information content (AvgIpc) is 2.46. The molecule has 0 spiro atoms. The number of aliphatic hydroxyl groups is 1. The van der Waals surface area contributed by atoms with Crippen LogP contribution in [0, 0.1) is 17.8 Å². The maximum absolute atomic E-state index is 12.4. The molecular formula is C17H28O2. The predicted octanol–water partition coefficient (Wildman–Crippen LogP) is 4.79. The molecule has 0 aromatic carbocycles. The molecule has 2 aliphatic carbocycles. The molecule has 2 unspecified atom stereocenters. The van der Waals surface area contributed by atoms with Gasteiger partial charge >= 0.3 is 0 Å². The fourth-order valence-electron chi connectivity index (χ4n) is 3.79. The van der Waals surface area contributed by atoms with Crippen LogP contribution in [0.1, 0.15) is 71.6 Å². The van der Waals surface area contributed by atoms with E-state index in [0.717, 1.165) is 25.7 Å². The normalized spacial score (nSPS) is 30.8. The summed E-state index contributed by atoms with van der Waals surface area (Å²) in [4.78, 5) is 12.4. The van der Waals surface area contributed by atoms with Gasteiger partial charge in [0.25, 0.3) is 0 Å². The molecule has 0 bridgehead atoms. The van der Waals surface area contributed by atoms with Gasteiger partial charge < -0.3 is 5.11 Å². The molecule has 1 N–H and O–H groups in total. The first kappa shape index (κ1) is 14.6. The van der Waals surface area contributed by atoms with Crippen LogP contribution in [0.15, 0.2) is 11.3 Å². The largest absolute Gasteiger partial charge is 0.512 e. The van der Waals surface area contributed by atoms with Gasteiger partial charge in [0.15, 0.2) is 5.78 Å². The monoisotopic (exact) mass is 264 g/mol. The molecule has 0 aromatic rings. The molecule has 2 nitrogen and oxygen atoms in total. The Labute approximate surface area is 117 Å². The van der Waals surface area contributed by atoms with Crippen molar-refractivity contribution < 1.29 is 9.90 Å². The minimum atomic E-state index is 0.178. The van der Waals surface area contributed by atoms with Crippen LogP contribution in [0.3, 0.4) is 0 Å². The van der Waals surface area contributed by atoms with Gasteiger partial charge in [0.05, 0.1) is 0 Å². The number of Topliss-reactive ketones (excluding diaryl/α,β-unsaturated/α-hetero) is 1. The van der Waals surface area contributed by atoms with E-state index in [0.29, 0.717) is 17.3 Å². The summed E-state index contributed by atoms with van der Waals surface area (Å²) in [5, 5.41) is 10.4. The highest BCUT2D eigenvalue weighted by Gasteiger charge is 2.28. The van der Waals surface area contributed by atoms with E-state index in [4.69, 9.17) is 0 Å². The SMILES string of the molecule is CC(C(=O)C1CCCCC1)=C(O)C1CCCC(C)C1. The Morgan fingerprint density at radius 1 is 0.947 bits per heavy atom. The Morgan fingerprint density at radius 2 is 1.58 bits per heavy atom. The van der Waals surface area contributed by atoms with Crippen LogP contribution < -0.4 is 0 Å². The highest BCUT2D eigenvalue weighted by atomic mass is 16.3. The van der Waals surface area contributed by atoms with Crippen LogP contribution in [0.25, 0.3) is 0 Å². The summed E-state index contributed by atoms with van der Waals surface area (Å²) in [6, 6.07) is 0. The van der Waals surface area contributed by atoms with Crippen molar-refractivity contribution in [2.24, 2.45) is 17.8 Å². The molecule has 0 saturated heterocycles. The minimum absolute atomic E-state index is 0.178. The molecule has 2 heteroatoms. The first-order chi connectivity index (χ1) is 9.09. The first-order valence-electron chi connectivity index (χ1n) is 8.03. The third-order valence-corrected chi connectivity index (χ3v) is 5.05. The van der Waals surface area contributed by atoms with Crippen LogP contribution in [-0.4, -0.2) is 10.9 Å². The fraction of sp³-hybridized carbons (Fsp3) is 0.824. The zero-order valence-electron chi connectivity index (χ0n) is 12.5. The van der Waals surface area contributed by atoms with Crippen molar-refractivity contribution in [2.45, 2.75) is 71.6 Å². The zero-order chi connectivity index (χ0) is 13.8. The number of carbonyl (C=O) groups is 1. The van der Waals surface area contributed by atoms with E-state index in [2.05, 4.69) is 6.92 Å². The number of rotatable bonds is 3. The van der Waals surface area contributed by atoms with E-state index < -0.39 is 0 Å². The molecule has 19 heavy (non-hydrogen) atoms. The third kappa shape index (κ3) is 3.61. The summed E-state index contributed by atoms with van der Waals surface area (Å²) in [5.41, 5.74) is 0.658. The number of hydrogen-bond acceptors (Lipinski definition) is 2. The van der Waals surface area contributed by atoms with Crippen molar-refractivity contribution in [1.82, 2.24) is 0 Å². The van der Waals surface area contributed by atoms with E-state index in [1.54, 1.807) is 0 Å². The Hall–Kier alpha value is -0.790. The third-order valence-electron chi connectivity index (χ3n) is 5.05. The molecule has 0 aromatic heterocycles. The highest BCUT2D eigenvalue weighted by molar-refractivity contribution is 5.97. The number of aliphatic hydroxyl groups excluding tert-OH is 1. The lowest BCUT2D eigenvalue weighted by Crippen LogP contribution is -2.22. The predicted molar refractivity (Wildman–Crippen MR) is 78.0 cm³/mol. The van der Waals surface area contributed by atoms with Crippen LogP contribution in [-0.2, 0) is 4.79 Å². The standard InChI is InChI=1S/C17H28O2/c1-12-7-6-10-15(11-12)17(19)13(2)16(18)14-8-4-3-5-9-14/h12,14-15,19H,3-11H2,1-2H3. The van der Waals surface area contributed by atoms with Gasteiger partial charge in [-0.3, -0.25) is 4.79 Å². The van der Waals surface area contributed by atoms with Gasteiger partial charge in [0, 0.05) is 17.4 Å². The molecule has 0 radical (unpaired) electrons. The van der Waals surface area contributed by atoms with Crippen molar-refractivity contribution in [3.8, 4) is 0 Å². The number of allylic oxidation sites excluding steroid dienone is 2. The molecule has 2 fully saturated rings. The Bertz CT molecular complexity index is 350. The van der Waals surface area contributed by atoms with Gasteiger partial charge in [0.1, 0.15) is 5.76 Å². The van der Waals surface area contributed by atoms with E-state index in [1.165, 1.54) is 32.1 Å². The molecular weight excluding hydrogens is 236 g/mol. The lowest BCUT2D eigenvalue weighted by molar-refractivity contribution is -0.120. The number of carbonyl (C=O) groups excluding carboxylic acids is 1. The zero-order valence-corrected chi connectivity index (χ0v) is 12.5. The molecule has 108 valence electrons. The second-order valence-corrected chi connectivity index (χ2v) is 6.68. The molecule has 0 aliphatic heterocycles. The summed E-state index contributed by atoms with van der Waals surface area (Å²) < 4.78 is 0. The topological polar surface area (TPSA) is 37.3 Å². The van der Waals surface area contributed by atoms with Crippen molar-refractivity contribution in [3.05, 3.63) is 11.3 Å². The molecule has 0 heterocycles. The van der Waals surface area contributed by atoms with Gasteiger partial charge in [-0.2, -0.15) is 0 Å². The van der Waals surface area contributed by atoms with Crippen molar-refractivity contribution >= 4 is 5.78 Å². The highest BCUT2D eigenvalue weighted by Crippen LogP contribution is 2.35. The van der Waals surface area contributed by atoms with E-state index >= 15 is 0 Å². The lowest BCUT2D eigenvalue weighted by atomic mass is 9.78. The van der Waals surface area contributed by atoms with Gasteiger partial charge in [-0.15, -0.1) is 0 Å². The van der Waals surface area contributed by atoms with Gasteiger partial charge in [-0.1, -0.05) is 39.0 Å². The van der Waals surface area contributed by atoms with Gasteiger partial charge in [0.2, 0.25) is 0 Å². The summed E-state index contributed by atoms with van der Waals surface area (Å²) in [5.74, 6) is 1.71. The second-order valence-electron chi connectivity index (χ2n) is 6.68. The van der Waals surface area contributed by atoms with Crippen LogP contribution in [0.4, 0.5) is 0 Å². The molecule has 2 saturated carbocycles. The lowest BCUT2D eigenvalue weighted by Gasteiger charge is -2.28.